The molecule has 1 heterocycles. The van der Waals surface area contributed by atoms with Gasteiger partial charge in [0.15, 0.2) is 11.6 Å². The number of methoxy groups -OCH3 is 1. The van der Waals surface area contributed by atoms with Gasteiger partial charge < -0.3 is 14.8 Å². The third kappa shape index (κ3) is 4.45. The second kappa shape index (κ2) is 7.43. The Labute approximate surface area is 113 Å². The zero-order chi connectivity index (χ0) is 13.5. The Morgan fingerprint density at radius 2 is 2.11 bits per heavy atom. The molecule has 19 heavy (non-hydrogen) atoms. The largest absolute Gasteiger partial charge is 0.494 e. The molecule has 1 aliphatic heterocycles. The Bertz CT molecular complexity index is 395. The van der Waals surface area contributed by atoms with Crippen LogP contribution in [0, 0.1) is 5.82 Å². The summed E-state index contributed by atoms with van der Waals surface area (Å²) >= 11 is 0. The van der Waals surface area contributed by atoms with Gasteiger partial charge in [0, 0.05) is 32.7 Å². The van der Waals surface area contributed by atoms with Crippen LogP contribution in [0.15, 0.2) is 18.2 Å². The lowest BCUT2D eigenvalue weighted by Gasteiger charge is -2.26. The first-order valence-electron chi connectivity index (χ1n) is 6.63. The van der Waals surface area contributed by atoms with Crippen LogP contribution in [0.5, 0.6) is 5.75 Å². The number of ether oxygens (including phenoxy) is 2. The Hall–Kier alpha value is -1.17. The van der Waals surface area contributed by atoms with E-state index in [9.17, 15) is 4.39 Å². The minimum atomic E-state index is -0.342. The summed E-state index contributed by atoms with van der Waals surface area (Å²) < 4.78 is 23.9. The summed E-state index contributed by atoms with van der Waals surface area (Å²) in [5.74, 6) is -0.0738. The summed E-state index contributed by atoms with van der Waals surface area (Å²) in [7, 11) is 1.46. The number of halogens is 1. The summed E-state index contributed by atoms with van der Waals surface area (Å²) in [6.45, 7) is 6.27. The molecule has 2 rings (SSSR count). The van der Waals surface area contributed by atoms with Crippen LogP contribution in [0.25, 0.3) is 0 Å². The van der Waals surface area contributed by atoms with E-state index in [-0.39, 0.29) is 11.6 Å². The molecule has 0 atom stereocenters. The molecule has 5 heteroatoms. The molecule has 1 N–H and O–H groups in total. The van der Waals surface area contributed by atoms with E-state index in [1.165, 1.54) is 13.2 Å². The van der Waals surface area contributed by atoms with Crippen LogP contribution in [-0.4, -0.2) is 51.3 Å². The summed E-state index contributed by atoms with van der Waals surface area (Å²) in [5, 5.41) is 3.31. The van der Waals surface area contributed by atoms with Crippen LogP contribution in [0.2, 0.25) is 0 Å². The maximum atomic E-state index is 13.5. The third-order valence-corrected chi connectivity index (χ3v) is 3.25. The normalized spacial score (nSPS) is 16.5. The second-order valence-electron chi connectivity index (χ2n) is 4.61. The van der Waals surface area contributed by atoms with Gasteiger partial charge >= 0.3 is 0 Å². The van der Waals surface area contributed by atoms with Crippen molar-refractivity contribution in [1.82, 2.24) is 10.2 Å². The van der Waals surface area contributed by atoms with E-state index in [2.05, 4.69) is 10.2 Å². The van der Waals surface area contributed by atoms with Gasteiger partial charge in [-0.3, -0.25) is 4.90 Å². The standard InChI is InChI=1S/C14H21FN2O2/c1-18-14-3-2-12(10-13(14)15)11-19-9-8-17-6-4-16-5-7-17/h2-3,10,16H,4-9,11H2,1H3. The number of hydrogen-bond acceptors (Lipinski definition) is 4. The van der Waals surface area contributed by atoms with Gasteiger partial charge in [-0.05, 0) is 17.7 Å². The van der Waals surface area contributed by atoms with E-state index in [0.717, 1.165) is 38.3 Å². The van der Waals surface area contributed by atoms with Crippen LogP contribution in [0.1, 0.15) is 5.56 Å². The van der Waals surface area contributed by atoms with Crippen LogP contribution < -0.4 is 10.1 Å². The smallest absolute Gasteiger partial charge is 0.165 e. The van der Waals surface area contributed by atoms with Gasteiger partial charge in [-0.1, -0.05) is 6.07 Å². The first-order chi connectivity index (χ1) is 9.29. The molecule has 0 saturated carbocycles. The molecule has 106 valence electrons. The van der Waals surface area contributed by atoms with Crippen molar-refractivity contribution >= 4 is 0 Å². The highest BCUT2D eigenvalue weighted by Gasteiger charge is 2.08. The van der Waals surface area contributed by atoms with Crippen molar-refractivity contribution in [2.45, 2.75) is 6.61 Å². The number of piperazine rings is 1. The Balaban J connectivity index is 1.69. The van der Waals surface area contributed by atoms with Crippen molar-refractivity contribution in [3.8, 4) is 5.75 Å². The van der Waals surface area contributed by atoms with Crippen molar-refractivity contribution in [3.63, 3.8) is 0 Å². The summed E-state index contributed by atoms with van der Waals surface area (Å²) in [4.78, 5) is 2.37. The van der Waals surface area contributed by atoms with Gasteiger partial charge in [-0.15, -0.1) is 0 Å². The molecule has 0 aromatic heterocycles. The van der Waals surface area contributed by atoms with Gasteiger partial charge in [0.2, 0.25) is 0 Å². The van der Waals surface area contributed by atoms with Crippen LogP contribution in [0.3, 0.4) is 0 Å². The maximum Gasteiger partial charge on any atom is 0.165 e. The van der Waals surface area contributed by atoms with Crippen LogP contribution >= 0.6 is 0 Å². The van der Waals surface area contributed by atoms with Crippen molar-refractivity contribution in [3.05, 3.63) is 29.6 Å². The van der Waals surface area contributed by atoms with E-state index in [0.29, 0.717) is 13.2 Å². The van der Waals surface area contributed by atoms with Crippen molar-refractivity contribution in [2.75, 3.05) is 46.4 Å². The molecule has 4 nitrogen and oxygen atoms in total. The Kier molecular flexibility index (Phi) is 5.57. The molecule has 0 bridgehead atoms. The van der Waals surface area contributed by atoms with Crippen molar-refractivity contribution in [2.24, 2.45) is 0 Å². The first-order valence-corrected chi connectivity index (χ1v) is 6.63. The monoisotopic (exact) mass is 268 g/mol. The Morgan fingerprint density at radius 3 is 2.79 bits per heavy atom. The lowest BCUT2D eigenvalue weighted by atomic mass is 10.2. The first kappa shape index (κ1) is 14.2. The predicted octanol–water partition coefficient (Wildman–Crippen LogP) is 1.26. The number of nitrogens with one attached hydrogen (secondary N) is 1. The van der Waals surface area contributed by atoms with Crippen molar-refractivity contribution < 1.29 is 13.9 Å². The minimum absolute atomic E-state index is 0.268. The molecule has 1 aliphatic rings. The average molecular weight is 268 g/mol. The van der Waals surface area contributed by atoms with Gasteiger partial charge in [-0.25, -0.2) is 4.39 Å². The highest BCUT2D eigenvalue weighted by Crippen LogP contribution is 2.17. The van der Waals surface area contributed by atoms with Crippen molar-refractivity contribution in [1.29, 1.82) is 0 Å². The zero-order valence-corrected chi connectivity index (χ0v) is 11.3. The van der Waals surface area contributed by atoms with E-state index in [1.54, 1.807) is 6.07 Å². The molecular weight excluding hydrogens is 247 g/mol. The second-order valence-corrected chi connectivity index (χ2v) is 4.61. The fraction of sp³-hybridized carbons (Fsp3) is 0.571. The van der Waals surface area contributed by atoms with Gasteiger partial charge in [0.05, 0.1) is 20.3 Å². The molecule has 0 radical (unpaired) electrons. The quantitative estimate of drug-likeness (QED) is 0.788. The summed E-state index contributed by atoms with van der Waals surface area (Å²) in [6.07, 6.45) is 0. The van der Waals surface area contributed by atoms with E-state index in [4.69, 9.17) is 9.47 Å². The summed E-state index contributed by atoms with van der Waals surface area (Å²) in [6, 6.07) is 4.92. The molecule has 1 aromatic rings. The fourth-order valence-corrected chi connectivity index (χ4v) is 2.12. The van der Waals surface area contributed by atoms with E-state index < -0.39 is 0 Å². The molecule has 0 aliphatic carbocycles. The van der Waals surface area contributed by atoms with E-state index in [1.807, 2.05) is 6.07 Å². The number of rotatable bonds is 6. The minimum Gasteiger partial charge on any atom is -0.494 e. The fourth-order valence-electron chi connectivity index (χ4n) is 2.12. The van der Waals surface area contributed by atoms with Gasteiger partial charge in [0.25, 0.3) is 0 Å². The third-order valence-electron chi connectivity index (χ3n) is 3.25. The van der Waals surface area contributed by atoms with E-state index >= 15 is 0 Å². The molecule has 0 amide bonds. The number of benzene rings is 1. The lowest BCUT2D eigenvalue weighted by Crippen LogP contribution is -2.44. The Morgan fingerprint density at radius 1 is 1.32 bits per heavy atom. The van der Waals surface area contributed by atoms with Crippen LogP contribution in [-0.2, 0) is 11.3 Å². The molecule has 0 unspecified atom stereocenters. The highest BCUT2D eigenvalue weighted by molar-refractivity contribution is 5.28. The molecule has 0 spiro atoms. The zero-order valence-electron chi connectivity index (χ0n) is 11.3. The molecule has 1 fully saturated rings. The predicted molar refractivity (Wildman–Crippen MR) is 71.9 cm³/mol. The lowest BCUT2D eigenvalue weighted by molar-refractivity contribution is 0.0884. The maximum absolute atomic E-state index is 13.5. The highest BCUT2D eigenvalue weighted by atomic mass is 19.1. The average Bonchev–Trinajstić information content (AvgIpc) is 2.45. The molecule has 1 aromatic carbocycles. The molecule has 1 saturated heterocycles. The SMILES string of the molecule is COc1ccc(COCCN2CCNCC2)cc1F. The van der Waals surface area contributed by atoms with Gasteiger partial charge in [0.1, 0.15) is 0 Å². The molecular formula is C14H21FN2O2. The number of nitrogens with zero attached hydrogens (tertiary/aromatic N) is 1. The topological polar surface area (TPSA) is 33.7 Å². The summed E-state index contributed by atoms with van der Waals surface area (Å²) in [5.41, 5.74) is 0.832. The number of hydrogen-bond donors (Lipinski definition) is 1. The van der Waals surface area contributed by atoms with Gasteiger partial charge in [-0.2, -0.15) is 0 Å². The van der Waals surface area contributed by atoms with Crippen LogP contribution in [0.4, 0.5) is 4.39 Å².